The third-order valence-electron chi connectivity index (χ3n) is 2.69. The van der Waals surface area contributed by atoms with E-state index in [4.69, 9.17) is 0 Å². The minimum absolute atomic E-state index is 0.760. The van der Waals surface area contributed by atoms with Crippen LogP contribution in [-0.4, -0.2) is 0 Å². The molecule has 0 aromatic rings. The maximum absolute atomic E-state index is 2.34. The normalized spacial score (nSPS) is 31.1. The van der Waals surface area contributed by atoms with Crippen LogP contribution < -0.4 is 0 Å². The summed E-state index contributed by atoms with van der Waals surface area (Å²) < 4.78 is 0. The van der Waals surface area contributed by atoms with E-state index in [9.17, 15) is 0 Å². The molecule has 1 atom stereocenters. The first-order valence-corrected chi connectivity index (χ1v) is 4.28. The fourth-order valence-corrected chi connectivity index (χ4v) is 2.04. The molecule has 0 aromatic carbocycles. The van der Waals surface area contributed by atoms with Crippen molar-refractivity contribution in [1.29, 1.82) is 0 Å². The number of rotatable bonds is 0. The summed E-state index contributed by atoms with van der Waals surface area (Å²) in [4.78, 5) is 0. The van der Waals surface area contributed by atoms with Gasteiger partial charge in [0.1, 0.15) is 0 Å². The maximum Gasteiger partial charge on any atom is -0.00426 e. The Bertz CT molecular complexity index is 196. The second-order valence-electron chi connectivity index (χ2n) is 3.41. The molecule has 0 bridgehead atoms. The standard InChI is InChI=1S/C10H14/c1-8-6-7-9-4-2-3-5-10(8)9/h6-8H,2-5H2,1H3/t8-/m1/s1. The summed E-state index contributed by atoms with van der Waals surface area (Å²) in [7, 11) is 0. The van der Waals surface area contributed by atoms with Gasteiger partial charge in [0.15, 0.2) is 0 Å². The van der Waals surface area contributed by atoms with Crippen LogP contribution in [0, 0.1) is 5.92 Å². The van der Waals surface area contributed by atoms with E-state index in [0.29, 0.717) is 0 Å². The second kappa shape index (κ2) is 2.26. The highest BCUT2D eigenvalue weighted by Gasteiger charge is 2.18. The number of hydrogen-bond acceptors (Lipinski definition) is 0. The molecular weight excluding hydrogens is 120 g/mol. The number of allylic oxidation sites excluding steroid dienone is 4. The summed E-state index contributed by atoms with van der Waals surface area (Å²) in [6, 6.07) is 0. The van der Waals surface area contributed by atoms with E-state index in [1.54, 1.807) is 11.1 Å². The molecule has 2 rings (SSSR count). The van der Waals surface area contributed by atoms with Crippen molar-refractivity contribution in [2.75, 3.05) is 0 Å². The van der Waals surface area contributed by atoms with E-state index in [1.165, 1.54) is 25.7 Å². The molecule has 0 nitrogen and oxygen atoms in total. The molecule has 0 radical (unpaired) electrons. The summed E-state index contributed by atoms with van der Waals surface area (Å²) in [6.45, 7) is 2.31. The SMILES string of the molecule is C[C@@H]1C=CC2=C1CCCC2. The predicted octanol–water partition coefficient (Wildman–Crippen LogP) is 3.06. The highest BCUT2D eigenvalue weighted by atomic mass is 14.2. The monoisotopic (exact) mass is 134 g/mol. The van der Waals surface area contributed by atoms with Gasteiger partial charge in [0.2, 0.25) is 0 Å². The molecule has 0 aliphatic heterocycles. The molecule has 2 aliphatic rings. The van der Waals surface area contributed by atoms with Crippen LogP contribution in [0.4, 0.5) is 0 Å². The Morgan fingerprint density at radius 2 is 2.10 bits per heavy atom. The molecular formula is C10H14. The van der Waals surface area contributed by atoms with Crippen LogP contribution in [0.25, 0.3) is 0 Å². The van der Waals surface area contributed by atoms with Crippen LogP contribution in [0.1, 0.15) is 32.6 Å². The highest BCUT2D eigenvalue weighted by Crippen LogP contribution is 2.35. The predicted molar refractivity (Wildman–Crippen MR) is 43.8 cm³/mol. The van der Waals surface area contributed by atoms with Crippen LogP contribution >= 0.6 is 0 Å². The maximum atomic E-state index is 2.34. The second-order valence-corrected chi connectivity index (χ2v) is 3.41. The van der Waals surface area contributed by atoms with Gasteiger partial charge < -0.3 is 0 Å². The van der Waals surface area contributed by atoms with Crippen LogP contribution in [0.15, 0.2) is 23.3 Å². The van der Waals surface area contributed by atoms with Crippen molar-refractivity contribution in [2.24, 2.45) is 5.92 Å². The van der Waals surface area contributed by atoms with E-state index >= 15 is 0 Å². The average Bonchev–Trinajstić information content (AvgIpc) is 2.34. The Balaban J connectivity index is 2.27. The Labute approximate surface area is 62.6 Å². The number of hydrogen-bond donors (Lipinski definition) is 0. The molecule has 0 saturated carbocycles. The van der Waals surface area contributed by atoms with E-state index in [0.717, 1.165) is 5.92 Å². The molecule has 0 amide bonds. The van der Waals surface area contributed by atoms with Crippen molar-refractivity contribution >= 4 is 0 Å². The minimum atomic E-state index is 0.760. The molecule has 0 heteroatoms. The molecule has 0 fully saturated rings. The Hall–Kier alpha value is -0.520. The van der Waals surface area contributed by atoms with Crippen LogP contribution in [0.5, 0.6) is 0 Å². The van der Waals surface area contributed by atoms with Gasteiger partial charge in [-0.2, -0.15) is 0 Å². The zero-order valence-corrected chi connectivity index (χ0v) is 6.56. The molecule has 54 valence electrons. The van der Waals surface area contributed by atoms with Gasteiger partial charge in [0, 0.05) is 0 Å². The summed E-state index contributed by atoms with van der Waals surface area (Å²) >= 11 is 0. The summed E-state index contributed by atoms with van der Waals surface area (Å²) in [6.07, 6.45) is 10.2. The van der Waals surface area contributed by atoms with Crippen LogP contribution in [0.2, 0.25) is 0 Å². The van der Waals surface area contributed by atoms with E-state index in [1.807, 2.05) is 0 Å². The largest absolute Gasteiger partial charge is 0.0773 e. The first kappa shape index (κ1) is 6.21. The van der Waals surface area contributed by atoms with Crippen molar-refractivity contribution in [2.45, 2.75) is 32.6 Å². The Morgan fingerprint density at radius 3 is 2.90 bits per heavy atom. The highest BCUT2D eigenvalue weighted by molar-refractivity contribution is 5.37. The first-order chi connectivity index (χ1) is 4.88. The molecule has 0 saturated heterocycles. The van der Waals surface area contributed by atoms with Gasteiger partial charge in [-0.05, 0) is 37.2 Å². The van der Waals surface area contributed by atoms with Crippen molar-refractivity contribution < 1.29 is 0 Å². The lowest BCUT2D eigenvalue weighted by molar-refractivity contribution is 0.645. The topological polar surface area (TPSA) is 0 Å². The molecule has 10 heavy (non-hydrogen) atoms. The molecule has 0 unspecified atom stereocenters. The molecule has 0 heterocycles. The summed E-state index contributed by atoms with van der Waals surface area (Å²) in [5, 5.41) is 0. The first-order valence-electron chi connectivity index (χ1n) is 4.28. The minimum Gasteiger partial charge on any atom is -0.0773 e. The lowest BCUT2D eigenvalue weighted by Gasteiger charge is -2.16. The average molecular weight is 134 g/mol. The quantitative estimate of drug-likeness (QED) is 0.477. The van der Waals surface area contributed by atoms with Crippen molar-refractivity contribution in [3.05, 3.63) is 23.3 Å². The van der Waals surface area contributed by atoms with Gasteiger partial charge in [0.25, 0.3) is 0 Å². The zero-order chi connectivity index (χ0) is 6.97. The van der Waals surface area contributed by atoms with Crippen LogP contribution in [0.3, 0.4) is 0 Å². The van der Waals surface area contributed by atoms with Gasteiger partial charge in [0.05, 0.1) is 0 Å². The van der Waals surface area contributed by atoms with Crippen molar-refractivity contribution in [1.82, 2.24) is 0 Å². The van der Waals surface area contributed by atoms with E-state index in [-0.39, 0.29) is 0 Å². The molecule has 0 spiro atoms. The lowest BCUT2D eigenvalue weighted by atomic mass is 9.90. The smallest absolute Gasteiger partial charge is 0.00426 e. The van der Waals surface area contributed by atoms with Crippen molar-refractivity contribution in [3.63, 3.8) is 0 Å². The Kier molecular flexibility index (Phi) is 1.40. The van der Waals surface area contributed by atoms with E-state index < -0.39 is 0 Å². The third-order valence-corrected chi connectivity index (χ3v) is 2.69. The fraction of sp³-hybridized carbons (Fsp3) is 0.600. The third kappa shape index (κ3) is 0.828. The summed E-state index contributed by atoms with van der Waals surface area (Å²) in [5.41, 5.74) is 3.38. The fourth-order valence-electron chi connectivity index (χ4n) is 2.04. The van der Waals surface area contributed by atoms with Crippen molar-refractivity contribution in [3.8, 4) is 0 Å². The lowest BCUT2D eigenvalue weighted by Crippen LogP contribution is -1.99. The zero-order valence-electron chi connectivity index (χ0n) is 6.56. The van der Waals surface area contributed by atoms with Crippen LogP contribution in [-0.2, 0) is 0 Å². The molecule has 0 aromatic heterocycles. The molecule has 2 aliphatic carbocycles. The van der Waals surface area contributed by atoms with Gasteiger partial charge >= 0.3 is 0 Å². The van der Waals surface area contributed by atoms with E-state index in [2.05, 4.69) is 19.1 Å². The molecule has 0 N–H and O–H groups in total. The van der Waals surface area contributed by atoms with Gasteiger partial charge in [-0.15, -0.1) is 0 Å². The van der Waals surface area contributed by atoms with Gasteiger partial charge in [-0.3, -0.25) is 0 Å². The summed E-state index contributed by atoms with van der Waals surface area (Å²) in [5.74, 6) is 0.760. The van der Waals surface area contributed by atoms with Gasteiger partial charge in [-0.1, -0.05) is 24.6 Å². The Morgan fingerprint density at radius 1 is 1.30 bits per heavy atom. The van der Waals surface area contributed by atoms with Gasteiger partial charge in [-0.25, -0.2) is 0 Å².